The van der Waals surface area contributed by atoms with Gasteiger partial charge in [0.1, 0.15) is 5.75 Å². The van der Waals surface area contributed by atoms with Gasteiger partial charge in [0.05, 0.1) is 28.7 Å². The Morgan fingerprint density at radius 2 is 2.10 bits per heavy atom. The third-order valence-electron chi connectivity index (χ3n) is 4.97. The second kappa shape index (κ2) is 6.31. The smallest absolute Gasteiger partial charge is 0.262 e. The van der Waals surface area contributed by atoms with Crippen LogP contribution < -0.4 is 15.4 Å². The summed E-state index contributed by atoms with van der Waals surface area (Å²) in [6.07, 6.45) is 7.16. The van der Waals surface area contributed by atoms with E-state index in [0.717, 1.165) is 28.0 Å². The summed E-state index contributed by atoms with van der Waals surface area (Å²) >= 11 is 0. The van der Waals surface area contributed by atoms with E-state index in [1.54, 1.807) is 12.5 Å². The molecule has 0 fully saturated rings. The fourth-order valence-electron chi connectivity index (χ4n) is 3.54. The molecule has 9 nitrogen and oxygen atoms in total. The molecule has 0 saturated carbocycles. The van der Waals surface area contributed by atoms with Crippen LogP contribution in [0, 0.1) is 0 Å². The maximum absolute atomic E-state index is 11.7. The molecule has 0 saturated heterocycles. The van der Waals surface area contributed by atoms with Gasteiger partial charge in [0.25, 0.3) is 5.91 Å². The van der Waals surface area contributed by atoms with Crippen LogP contribution in [0.25, 0.3) is 27.9 Å². The van der Waals surface area contributed by atoms with Gasteiger partial charge in [-0.3, -0.25) is 4.79 Å². The van der Waals surface area contributed by atoms with Gasteiger partial charge in [-0.1, -0.05) is 0 Å². The largest absolute Gasteiger partial charge is 0.482 e. The predicted octanol–water partition coefficient (Wildman–Crippen LogP) is 3.35. The molecule has 3 N–H and O–H groups in total. The van der Waals surface area contributed by atoms with E-state index in [4.69, 9.17) is 9.72 Å². The number of carbonyl (C=O) groups is 1. The molecule has 0 bridgehead atoms. The molecule has 0 radical (unpaired) electrons. The van der Waals surface area contributed by atoms with Crippen molar-refractivity contribution in [1.82, 2.24) is 24.3 Å². The summed E-state index contributed by atoms with van der Waals surface area (Å²) in [6, 6.07) is 11.5. The summed E-state index contributed by atoms with van der Waals surface area (Å²) in [5, 5.41) is 6.19. The van der Waals surface area contributed by atoms with Crippen molar-refractivity contribution in [2.45, 2.75) is 0 Å². The molecule has 6 rings (SSSR count). The van der Waals surface area contributed by atoms with Crippen LogP contribution in [-0.2, 0) is 4.79 Å². The SMILES string of the molecule is O=C1COc2ccc(-c3cn4ccnc4c(Nc4ccc5[nH]cnc5c4)n3)cc2N1. The molecule has 5 aromatic rings. The number of hydrogen-bond acceptors (Lipinski definition) is 6. The average molecular weight is 397 g/mol. The maximum atomic E-state index is 11.7. The minimum atomic E-state index is -0.172. The van der Waals surface area contributed by atoms with Crippen molar-refractivity contribution in [3.63, 3.8) is 0 Å². The van der Waals surface area contributed by atoms with Gasteiger partial charge in [0.2, 0.25) is 0 Å². The number of carbonyl (C=O) groups excluding carboxylic acids is 1. The molecule has 4 heterocycles. The number of amides is 1. The van der Waals surface area contributed by atoms with Crippen LogP contribution in [0.1, 0.15) is 0 Å². The highest BCUT2D eigenvalue weighted by molar-refractivity contribution is 5.96. The van der Waals surface area contributed by atoms with Gasteiger partial charge in [-0.15, -0.1) is 0 Å². The first-order valence-corrected chi connectivity index (χ1v) is 9.34. The third kappa shape index (κ3) is 2.72. The molecule has 0 spiro atoms. The number of aromatic amines is 1. The topological polar surface area (TPSA) is 109 Å². The summed E-state index contributed by atoms with van der Waals surface area (Å²) in [6.45, 7) is 0.0278. The molecule has 1 aliphatic rings. The number of imidazole rings is 2. The van der Waals surface area contributed by atoms with Crippen LogP contribution in [0.2, 0.25) is 0 Å². The van der Waals surface area contributed by atoms with Gasteiger partial charge in [-0.2, -0.15) is 0 Å². The average Bonchev–Trinajstić information content (AvgIpc) is 3.42. The number of fused-ring (bicyclic) bond motifs is 3. The molecular weight excluding hydrogens is 382 g/mol. The van der Waals surface area contributed by atoms with Crippen LogP contribution in [0.5, 0.6) is 5.75 Å². The summed E-state index contributed by atoms with van der Waals surface area (Å²) in [4.78, 5) is 28.3. The molecular formula is C21H15N7O2. The molecule has 2 aromatic carbocycles. The van der Waals surface area contributed by atoms with Crippen LogP contribution in [0.15, 0.2) is 61.3 Å². The lowest BCUT2D eigenvalue weighted by atomic mass is 10.1. The number of ether oxygens (including phenoxy) is 1. The van der Waals surface area contributed by atoms with Gasteiger partial charge in [0.15, 0.2) is 18.1 Å². The van der Waals surface area contributed by atoms with E-state index in [-0.39, 0.29) is 12.5 Å². The number of nitrogens with zero attached hydrogens (tertiary/aromatic N) is 4. The molecule has 30 heavy (non-hydrogen) atoms. The lowest BCUT2D eigenvalue weighted by Crippen LogP contribution is -2.25. The Balaban J connectivity index is 1.43. The van der Waals surface area contributed by atoms with E-state index in [9.17, 15) is 4.79 Å². The highest BCUT2D eigenvalue weighted by atomic mass is 16.5. The Kier molecular flexibility index (Phi) is 3.48. The number of hydrogen-bond donors (Lipinski definition) is 3. The highest BCUT2D eigenvalue weighted by Gasteiger charge is 2.17. The molecule has 1 aliphatic heterocycles. The van der Waals surface area contributed by atoms with Crippen molar-refractivity contribution in [2.75, 3.05) is 17.2 Å². The minimum absolute atomic E-state index is 0.0278. The van der Waals surface area contributed by atoms with Gasteiger partial charge < -0.3 is 24.8 Å². The Morgan fingerprint density at radius 1 is 1.13 bits per heavy atom. The van der Waals surface area contributed by atoms with E-state index in [1.165, 1.54) is 0 Å². The van der Waals surface area contributed by atoms with Gasteiger partial charge in [0, 0.05) is 29.8 Å². The Bertz CT molecular complexity index is 1440. The number of benzene rings is 2. The van der Waals surface area contributed by atoms with Crippen LogP contribution in [-0.4, -0.2) is 36.9 Å². The molecule has 9 heteroatoms. The number of aromatic nitrogens is 5. The summed E-state index contributed by atoms with van der Waals surface area (Å²) < 4.78 is 7.36. The van der Waals surface area contributed by atoms with Crippen molar-refractivity contribution in [3.8, 4) is 17.0 Å². The maximum Gasteiger partial charge on any atom is 0.262 e. The van der Waals surface area contributed by atoms with E-state index in [2.05, 4.69) is 25.6 Å². The molecule has 0 unspecified atom stereocenters. The van der Waals surface area contributed by atoms with Crippen molar-refractivity contribution >= 4 is 39.8 Å². The second-order valence-electron chi connectivity index (χ2n) is 6.94. The first-order valence-electron chi connectivity index (χ1n) is 9.34. The standard InChI is InChI=1S/C21H15N7O2/c29-19-10-30-18-4-1-12(7-16(18)26-19)17-9-28-6-5-22-21(28)20(27-17)25-13-2-3-14-15(8-13)24-11-23-14/h1-9,11H,10H2,(H,23,24)(H,25,27)(H,26,29). The Hall–Kier alpha value is -4.40. The van der Waals surface area contributed by atoms with Crippen molar-refractivity contribution in [3.05, 3.63) is 61.3 Å². The zero-order valence-electron chi connectivity index (χ0n) is 15.6. The molecule has 1 amide bonds. The Labute approximate surface area is 169 Å². The highest BCUT2D eigenvalue weighted by Crippen LogP contribution is 2.33. The summed E-state index contributed by atoms with van der Waals surface area (Å²) in [5.41, 5.74) is 5.60. The fraction of sp³-hybridized carbons (Fsp3) is 0.0476. The lowest BCUT2D eigenvalue weighted by molar-refractivity contribution is -0.118. The number of H-pyrrole nitrogens is 1. The monoisotopic (exact) mass is 397 g/mol. The molecule has 3 aromatic heterocycles. The quantitative estimate of drug-likeness (QED) is 0.431. The first-order chi connectivity index (χ1) is 14.7. The molecule has 0 atom stereocenters. The first kappa shape index (κ1) is 16.5. The summed E-state index contributed by atoms with van der Waals surface area (Å²) in [7, 11) is 0. The van der Waals surface area contributed by atoms with Crippen LogP contribution in [0.3, 0.4) is 0 Å². The minimum Gasteiger partial charge on any atom is -0.482 e. The van der Waals surface area contributed by atoms with Crippen molar-refractivity contribution < 1.29 is 9.53 Å². The van der Waals surface area contributed by atoms with Gasteiger partial charge in [-0.05, 0) is 36.4 Å². The zero-order valence-corrected chi connectivity index (χ0v) is 15.6. The van der Waals surface area contributed by atoms with E-state index >= 15 is 0 Å². The molecule has 146 valence electrons. The lowest BCUT2D eigenvalue weighted by Gasteiger charge is -2.18. The van der Waals surface area contributed by atoms with Gasteiger partial charge in [-0.25, -0.2) is 15.0 Å². The van der Waals surface area contributed by atoms with Crippen LogP contribution in [0.4, 0.5) is 17.2 Å². The van der Waals surface area contributed by atoms with E-state index < -0.39 is 0 Å². The van der Waals surface area contributed by atoms with Crippen molar-refractivity contribution in [1.29, 1.82) is 0 Å². The second-order valence-corrected chi connectivity index (χ2v) is 6.94. The molecule has 0 aliphatic carbocycles. The number of rotatable bonds is 3. The number of anilines is 3. The fourth-order valence-corrected chi connectivity index (χ4v) is 3.54. The summed E-state index contributed by atoms with van der Waals surface area (Å²) in [5.74, 6) is 1.09. The zero-order chi connectivity index (χ0) is 20.1. The van der Waals surface area contributed by atoms with Gasteiger partial charge >= 0.3 is 0 Å². The Morgan fingerprint density at radius 3 is 3.07 bits per heavy atom. The van der Waals surface area contributed by atoms with Crippen molar-refractivity contribution in [2.24, 2.45) is 0 Å². The van der Waals surface area contributed by atoms with E-state index in [0.29, 0.717) is 22.9 Å². The predicted molar refractivity (Wildman–Crippen MR) is 112 cm³/mol. The number of nitrogens with one attached hydrogen (secondary N) is 3. The van der Waals surface area contributed by atoms with Crippen LogP contribution >= 0.6 is 0 Å². The third-order valence-corrected chi connectivity index (χ3v) is 4.97. The normalized spacial score (nSPS) is 13.1. The van der Waals surface area contributed by atoms with E-state index in [1.807, 2.05) is 53.2 Å².